The van der Waals surface area contributed by atoms with Crippen LogP contribution >= 0.6 is 0 Å². The van der Waals surface area contributed by atoms with Gasteiger partial charge >= 0.3 is 0 Å². The van der Waals surface area contributed by atoms with Crippen LogP contribution in [0.15, 0.2) is 12.3 Å². The Kier molecular flexibility index (Phi) is 12.1. The van der Waals surface area contributed by atoms with Crippen molar-refractivity contribution in [3.63, 3.8) is 0 Å². The maximum atomic E-state index is 5.34. The fraction of sp³-hybridized carbons (Fsp3) is 0.833. The van der Waals surface area contributed by atoms with Gasteiger partial charge in [-0.05, 0) is 19.0 Å². The van der Waals surface area contributed by atoms with Crippen molar-refractivity contribution in [3.05, 3.63) is 12.3 Å². The van der Waals surface area contributed by atoms with Gasteiger partial charge in [0.1, 0.15) is 0 Å². The Morgan fingerprint density at radius 1 is 1.07 bits per heavy atom. The molecule has 0 spiro atoms. The highest BCUT2D eigenvalue weighted by Crippen LogP contribution is 2.06. The molecule has 0 bridgehead atoms. The van der Waals surface area contributed by atoms with Gasteiger partial charge in [-0.25, -0.2) is 0 Å². The summed E-state index contributed by atoms with van der Waals surface area (Å²) >= 11 is 0. The molecule has 0 aromatic heterocycles. The molecule has 0 saturated heterocycles. The van der Waals surface area contributed by atoms with E-state index in [9.17, 15) is 0 Å². The number of rotatable bonds is 10. The molecule has 0 radical (unpaired) electrons. The van der Waals surface area contributed by atoms with E-state index in [1.54, 1.807) is 0 Å². The Morgan fingerprint density at radius 2 is 1.79 bits per heavy atom. The molecule has 14 heavy (non-hydrogen) atoms. The van der Waals surface area contributed by atoms with Crippen molar-refractivity contribution >= 4 is 0 Å². The first-order valence-electron chi connectivity index (χ1n) is 6.00. The summed E-state index contributed by atoms with van der Waals surface area (Å²) in [6, 6.07) is 0. The molecule has 0 unspecified atom stereocenters. The van der Waals surface area contributed by atoms with Crippen molar-refractivity contribution in [2.24, 2.45) is 5.73 Å². The van der Waals surface area contributed by atoms with Crippen molar-refractivity contribution in [1.82, 2.24) is 5.32 Å². The Labute approximate surface area is 89.0 Å². The summed E-state index contributed by atoms with van der Waals surface area (Å²) in [4.78, 5) is 0. The summed E-state index contributed by atoms with van der Waals surface area (Å²) in [5.41, 5.74) is 5.34. The second-order valence-electron chi connectivity index (χ2n) is 3.70. The minimum absolute atomic E-state index is 0.710. The summed E-state index contributed by atoms with van der Waals surface area (Å²) in [7, 11) is 0. The molecule has 0 aliphatic heterocycles. The van der Waals surface area contributed by atoms with Crippen LogP contribution in [0.5, 0.6) is 0 Å². The van der Waals surface area contributed by atoms with Gasteiger partial charge in [-0.1, -0.05) is 45.1 Å². The zero-order chi connectivity index (χ0) is 10.5. The molecule has 3 N–H and O–H groups in total. The molecule has 0 aromatic carbocycles. The Balaban J connectivity index is 2.94. The Bertz CT molecular complexity index is 121. The minimum atomic E-state index is 0.710. The second-order valence-corrected chi connectivity index (χ2v) is 3.70. The molecule has 2 nitrogen and oxygen atoms in total. The lowest BCUT2D eigenvalue weighted by Gasteiger charge is -1.98. The summed E-state index contributed by atoms with van der Waals surface area (Å²) in [6.45, 7) is 3.85. The molecule has 0 fully saturated rings. The van der Waals surface area contributed by atoms with Crippen LogP contribution in [-0.4, -0.2) is 13.1 Å². The van der Waals surface area contributed by atoms with Gasteiger partial charge in [0, 0.05) is 13.1 Å². The minimum Gasteiger partial charge on any atom is -0.390 e. The van der Waals surface area contributed by atoms with E-state index in [0.717, 1.165) is 6.54 Å². The lowest BCUT2D eigenvalue weighted by atomic mass is 10.1. The average Bonchev–Trinajstić information content (AvgIpc) is 2.21. The van der Waals surface area contributed by atoms with Crippen LogP contribution < -0.4 is 11.1 Å². The molecule has 2 heteroatoms. The first-order chi connectivity index (χ1) is 6.91. The number of unbranched alkanes of at least 4 members (excludes halogenated alkanes) is 6. The van der Waals surface area contributed by atoms with Gasteiger partial charge in [0.25, 0.3) is 0 Å². The van der Waals surface area contributed by atoms with Crippen LogP contribution in [0.2, 0.25) is 0 Å². The van der Waals surface area contributed by atoms with Crippen LogP contribution in [0, 0.1) is 0 Å². The van der Waals surface area contributed by atoms with Gasteiger partial charge < -0.3 is 11.1 Å². The fourth-order valence-electron chi connectivity index (χ4n) is 1.38. The lowest BCUT2D eigenvalue weighted by Crippen LogP contribution is -2.16. The smallest absolute Gasteiger partial charge is 0.0264 e. The zero-order valence-corrected chi connectivity index (χ0v) is 9.60. The normalized spacial score (nSPS) is 11.0. The Hall–Kier alpha value is -0.500. The van der Waals surface area contributed by atoms with E-state index in [1.165, 1.54) is 44.9 Å². The third-order valence-electron chi connectivity index (χ3n) is 2.25. The maximum Gasteiger partial charge on any atom is 0.0264 e. The summed E-state index contributed by atoms with van der Waals surface area (Å²) < 4.78 is 0. The third kappa shape index (κ3) is 11.5. The molecular formula is C12H26N2. The molecule has 0 heterocycles. The van der Waals surface area contributed by atoms with E-state index in [1.807, 2.05) is 6.20 Å². The lowest BCUT2D eigenvalue weighted by molar-refractivity contribution is 0.611. The van der Waals surface area contributed by atoms with E-state index in [0.29, 0.717) is 6.54 Å². The van der Waals surface area contributed by atoms with Crippen molar-refractivity contribution in [2.45, 2.75) is 51.9 Å². The van der Waals surface area contributed by atoms with Gasteiger partial charge in [0.15, 0.2) is 0 Å². The van der Waals surface area contributed by atoms with Gasteiger partial charge in [-0.3, -0.25) is 0 Å². The van der Waals surface area contributed by atoms with Gasteiger partial charge in [-0.2, -0.15) is 0 Å². The summed E-state index contributed by atoms with van der Waals surface area (Å²) in [5, 5.41) is 3.14. The maximum absolute atomic E-state index is 5.34. The summed E-state index contributed by atoms with van der Waals surface area (Å²) in [6.07, 6.45) is 13.7. The number of hydrogen-bond acceptors (Lipinski definition) is 2. The molecule has 0 amide bonds. The predicted molar refractivity (Wildman–Crippen MR) is 64.2 cm³/mol. The number of nitrogens with two attached hydrogens (primary N) is 1. The monoisotopic (exact) mass is 198 g/mol. The fourth-order valence-corrected chi connectivity index (χ4v) is 1.38. The second kappa shape index (κ2) is 12.5. The number of allylic oxidation sites excluding steroid dienone is 1. The van der Waals surface area contributed by atoms with E-state index in [-0.39, 0.29) is 0 Å². The largest absolute Gasteiger partial charge is 0.390 e. The topological polar surface area (TPSA) is 38.0 Å². The standard InChI is InChI=1S/C12H26N2/c1-2-3-4-5-6-7-8-9-11-14-12-10-13/h9,11,14H,2-8,10,12-13H2,1H3. The van der Waals surface area contributed by atoms with Crippen LogP contribution in [0.25, 0.3) is 0 Å². The van der Waals surface area contributed by atoms with E-state index in [2.05, 4.69) is 18.3 Å². The average molecular weight is 198 g/mol. The SMILES string of the molecule is CCCCCCCCC=CNCCN. The third-order valence-corrected chi connectivity index (χ3v) is 2.25. The number of hydrogen-bond donors (Lipinski definition) is 2. The molecule has 0 saturated carbocycles. The molecule has 0 atom stereocenters. The molecule has 0 aliphatic rings. The predicted octanol–water partition coefficient (Wildman–Crippen LogP) is 2.80. The quantitative estimate of drug-likeness (QED) is 0.530. The molecular weight excluding hydrogens is 172 g/mol. The van der Waals surface area contributed by atoms with Crippen LogP contribution in [0.1, 0.15) is 51.9 Å². The van der Waals surface area contributed by atoms with Crippen LogP contribution in [-0.2, 0) is 0 Å². The van der Waals surface area contributed by atoms with Gasteiger partial charge in [0.05, 0.1) is 0 Å². The van der Waals surface area contributed by atoms with Crippen molar-refractivity contribution < 1.29 is 0 Å². The van der Waals surface area contributed by atoms with Crippen LogP contribution in [0.3, 0.4) is 0 Å². The Morgan fingerprint density at radius 3 is 2.50 bits per heavy atom. The molecule has 84 valence electrons. The van der Waals surface area contributed by atoms with Crippen molar-refractivity contribution in [3.8, 4) is 0 Å². The molecule has 0 aromatic rings. The van der Waals surface area contributed by atoms with E-state index < -0.39 is 0 Å². The van der Waals surface area contributed by atoms with Crippen molar-refractivity contribution in [1.29, 1.82) is 0 Å². The highest BCUT2D eigenvalue weighted by molar-refractivity contribution is 4.79. The first kappa shape index (κ1) is 13.5. The number of nitrogens with one attached hydrogen (secondary N) is 1. The highest BCUT2D eigenvalue weighted by Gasteiger charge is 1.87. The van der Waals surface area contributed by atoms with Gasteiger partial charge in [-0.15, -0.1) is 0 Å². The molecule has 0 rings (SSSR count). The highest BCUT2D eigenvalue weighted by atomic mass is 14.8. The zero-order valence-electron chi connectivity index (χ0n) is 9.60. The van der Waals surface area contributed by atoms with E-state index in [4.69, 9.17) is 5.73 Å². The summed E-state index contributed by atoms with van der Waals surface area (Å²) in [5.74, 6) is 0. The van der Waals surface area contributed by atoms with Crippen molar-refractivity contribution in [2.75, 3.05) is 13.1 Å². The molecule has 0 aliphatic carbocycles. The van der Waals surface area contributed by atoms with Gasteiger partial charge in [0.2, 0.25) is 0 Å². The first-order valence-corrected chi connectivity index (χ1v) is 6.00. The van der Waals surface area contributed by atoms with Crippen LogP contribution in [0.4, 0.5) is 0 Å². The van der Waals surface area contributed by atoms with E-state index >= 15 is 0 Å².